The Kier molecular flexibility index (Phi) is 5.89. The zero-order valence-corrected chi connectivity index (χ0v) is 16.7. The predicted molar refractivity (Wildman–Crippen MR) is 106 cm³/mol. The summed E-state index contributed by atoms with van der Waals surface area (Å²) in [4.78, 5) is 17.6. The summed E-state index contributed by atoms with van der Waals surface area (Å²) in [6.07, 6.45) is 4.09. The van der Waals surface area contributed by atoms with E-state index in [2.05, 4.69) is 15.2 Å². The minimum absolute atomic E-state index is 0.0336. The molecule has 0 fully saturated rings. The summed E-state index contributed by atoms with van der Waals surface area (Å²) in [5.74, 6) is 0.953. The molecule has 0 amide bonds. The number of nitrogens with one attached hydrogen (secondary N) is 1. The molecule has 0 radical (unpaired) electrons. The van der Waals surface area contributed by atoms with E-state index in [0.717, 1.165) is 12.0 Å². The van der Waals surface area contributed by atoms with E-state index in [1.54, 1.807) is 36.7 Å². The second kappa shape index (κ2) is 8.19. The maximum atomic E-state index is 12.9. The summed E-state index contributed by atoms with van der Waals surface area (Å²) in [6, 6.07) is 7.88. The van der Waals surface area contributed by atoms with Crippen LogP contribution in [-0.4, -0.2) is 32.0 Å². The summed E-state index contributed by atoms with van der Waals surface area (Å²) in [5, 5.41) is 6.62. The molecule has 1 N–H and O–H groups in total. The van der Waals surface area contributed by atoms with Crippen molar-refractivity contribution in [3.8, 4) is 22.7 Å². The molecule has 9 heteroatoms. The lowest BCUT2D eigenvalue weighted by Crippen LogP contribution is -2.24. The van der Waals surface area contributed by atoms with Gasteiger partial charge in [0.15, 0.2) is 6.61 Å². The number of hydrogen-bond donors (Lipinski definition) is 1. The third-order valence-electron chi connectivity index (χ3n) is 4.32. The number of alkyl halides is 2. The Labute approximate surface area is 163 Å². The van der Waals surface area contributed by atoms with Crippen LogP contribution in [0.5, 0.6) is 5.75 Å². The highest BCUT2D eigenvalue weighted by atomic mass is 31.0. The van der Waals surface area contributed by atoms with E-state index in [-0.39, 0.29) is 11.5 Å². The van der Waals surface area contributed by atoms with Crippen LogP contribution >= 0.6 is 9.24 Å². The number of aromatic nitrogens is 4. The number of nitrogens with zero attached hydrogens (tertiary/aromatic N) is 3. The summed E-state index contributed by atoms with van der Waals surface area (Å²) in [5.41, 5.74) is -1.35. The van der Waals surface area contributed by atoms with Crippen molar-refractivity contribution in [2.75, 3.05) is 6.61 Å². The van der Waals surface area contributed by atoms with Gasteiger partial charge in [0.25, 0.3) is 11.2 Å². The van der Waals surface area contributed by atoms with Crippen LogP contribution in [-0.2, 0) is 0 Å². The first-order valence-electron chi connectivity index (χ1n) is 8.81. The Morgan fingerprint density at radius 2 is 2.04 bits per heavy atom. The summed E-state index contributed by atoms with van der Waals surface area (Å²) in [6.45, 7) is 3.28. The van der Waals surface area contributed by atoms with Crippen molar-refractivity contribution in [1.29, 1.82) is 0 Å². The van der Waals surface area contributed by atoms with Crippen LogP contribution in [0.15, 0.2) is 47.5 Å². The second-order valence-electron chi connectivity index (χ2n) is 6.51. The van der Waals surface area contributed by atoms with Gasteiger partial charge in [-0.05, 0) is 30.7 Å². The molecule has 2 unspecified atom stereocenters. The normalized spacial score (nSPS) is 12.8. The molecule has 3 rings (SSSR count). The fraction of sp³-hybridized carbons (Fsp3) is 0.316. The van der Waals surface area contributed by atoms with Crippen LogP contribution in [0, 0.1) is 0 Å². The van der Waals surface area contributed by atoms with Crippen LogP contribution in [0.2, 0.25) is 0 Å². The molecule has 2 atom stereocenters. The largest absolute Gasteiger partial charge is 0.487 e. The molecule has 0 saturated heterocycles. The fourth-order valence-electron chi connectivity index (χ4n) is 2.68. The molecule has 2 heterocycles. The van der Waals surface area contributed by atoms with Crippen LogP contribution in [0.1, 0.15) is 32.0 Å². The highest BCUT2D eigenvalue weighted by Gasteiger charge is 2.22. The maximum Gasteiger partial charge on any atom is 0.291 e. The molecule has 0 aliphatic rings. The minimum atomic E-state index is -2.99. The first-order chi connectivity index (χ1) is 13.3. The van der Waals surface area contributed by atoms with Gasteiger partial charge in [0.1, 0.15) is 11.6 Å². The van der Waals surface area contributed by atoms with Crippen molar-refractivity contribution in [3.05, 3.63) is 58.9 Å². The summed E-state index contributed by atoms with van der Waals surface area (Å²) < 4.78 is 32.4. The van der Waals surface area contributed by atoms with Gasteiger partial charge in [-0.1, -0.05) is 23.1 Å². The Morgan fingerprint density at radius 1 is 1.32 bits per heavy atom. The first kappa shape index (κ1) is 20.1. The standard InChI is InChI=1S/C19H21F2N4O2P/c1-3-12(2)18-24-16(13-9-22-23-10-13)8-17(26)25(18)14-4-6-15(7-5-14)27-11-19(20,21)28/h4-10,12H,3,11,28H2,1-2H3,(H,22,23). The fourth-order valence-corrected chi connectivity index (χ4v) is 2.77. The second-order valence-corrected chi connectivity index (χ2v) is 7.36. The Hall–Kier alpha value is -2.60. The number of rotatable bonds is 7. The molecule has 2 aromatic heterocycles. The SMILES string of the molecule is CCC(C)c1nc(-c2cn[nH]c2)cc(=O)n1-c1ccc(OCC(F)(F)P)cc1. The quantitative estimate of drug-likeness (QED) is 0.603. The molecule has 3 aromatic rings. The van der Waals surface area contributed by atoms with Gasteiger partial charge in [0.2, 0.25) is 0 Å². The Balaban J connectivity index is 2.00. The van der Waals surface area contributed by atoms with Crippen LogP contribution in [0.25, 0.3) is 16.9 Å². The number of ether oxygens (including phenoxy) is 1. The monoisotopic (exact) mass is 406 g/mol. The van der Waals surface area contributed by atoms with E-state index < -0.39 is 12.3 Å². The van der Waals surface area contributed by atoms with Gasteiger partial charge >= 0.3 is 0 Å². The van der Waals surface area contributed by atoms with Gasteiger partial charge in [-0.25, -0.2) is 4.98 Å². The van der Waals surface area contributed by atoms with E-state index in [1.807, 2.05) is 13.8 Å². The molecule has 148 valence electrons. The number of hydrogen-bond acceptors (Lipinski definition) is 4. The molecule has 6 nitrogen and oxygen atoms in total. The number of aromatic amines is 1. The average molecular weight is 406 g/mol. The molecular formula is C19H21F2N4O2P. The van der Waals surface area contributed by atoms with Gasteiger partial charge in [0, 0.05) is 23.7 Å². The zero-order valence-electron chi connectivity index (χ0n) is 15.5. The minimum Gasteiger partial charge on any atom is -0.487 e. The van der Waals surface area contributed by atoms with Crippen LogP contribution < -0.4 is 10.3 Å². The highest BCUT2D eigenvalue weighted by molar-refractivity contribution is 7.18. The molecular weight excluding hydrogens is 385 g/mol. The summed E-state index contributed by atoms with van der Waals surface area (Å²) >= 11 is 0. The van der Waals surface area contributed by atoms with E-state index in [4.69, 9.17) is 4.74 Å². The lowest BCUT2D eigenvalue weighted by atomic mass is 10.1. The van der Waals surface area contributed by atoms with E-state index >= 15 is 0 Å². The van der Waals surface area contributed by atoms with Crippen molar-refractivity contribution in [1.82, 2.24) is 19.7 Å². The molecule has 0 bridgehead atoms. The molecule has 0 aliphatic carbocycles. The van der Waals surface area contributed by atoms with Crippen molar-refractivity contribution in [2.45, 2.75) is 31.8 Å². The van der Waals surface area contributed by atoms with E-state index in [9.17, 15) is 13.6 Å². The topological polar surface area (TPSA) is 72.8 Å². The lowest BCUT2D eigenvalue weighted by Gasteiger charge is -2.18. The third-order valence-corrected chi connectivity index (χ3v) is 4.48. The van der Waals surface area contributed by atoms with Gasteiger partial charge < -0.3 is 4.74 Å². The molecule has 0 aliphatic heterocycles. The Bertz CT molecular complexity index is 983. The number of benzene rings is 1. The van der Waals surface area contributed by atoms with Gasteiger partial charge in [0.05, 0.1) is 17.6 Å². The lowest BCUT2D eigenvalue weighted by molar-refractivity contribution is 0.0462. The molecule has 0 saturated carbocycles. The zero-order chi connectivity index (χ0) is 20.3. The average Bonchev–Trinajstić information content (AvgIpc) is 3.20. The van der Waals surface area contributed by atoms with Crippen LogP contribution in [0.3, 0.4) is 0 Å². The third kappa shape index (κ3) is 4.62. The number of halogens is 2. The van der Waals surface area contributed by atoms with E-state index in [1.165, 1.54) is 19.9 Å². The van der Waals surface area contributed by atoms with Gasteiger partial charge in [-0.15, -0.1) is 0 Å². The van der Waals surface area contributed by atoms with E-state index in [0.29, 0.717) is 23.0 Å². The smallest absolute Gasteiger partial charge is 0.291 e. The predicted octanol–water partition coefficient (Wildman–Crippen LogP) is 3.98. The molecule has 28 heavy (non-hydrogen) atoms. The summed E-state index contributed by atoms with van der Waals surface area (Å²) in [7, 11) is 1.44. The van der Waals surface area contributed by atoms with Crippen molar-refractivity contribution >= 4 is 9.24 Å². The number of H-pyrrole nitrogens is 1. The first-order valence-corrected chi connectivity index (χ1v) is 9.39. The maximum absolute atomic E-state index is 12.9. The van der Waals surface area contributed by atoms with Crippen LogP contribution in [0.4, 0.5) is 8.78 Å². The Morgan fingerprint density at radius 3 is 2.61 bits per heavy atom. The van der Waals surface area contributed by atoms with Crippen molar-refractivity contribution in [3.63, 3.8) is 0 Å². The molecule has 1 aromatic carbocycles. The van der Waals surface area contributed by atoms with Gasteiger partial charge in [-0.3, -0.25) is 14.5 Å². The highest BCUT2D eigenvalue weighted by Crippen LogP contribution is 2.26. The van der Waals surface area contributed by atoms with Gasteiger partial charge in [-0.2, -0.15) is 13.9 Å². The molecule has 0 spiro atoms. The van der Waals surface area contributed by atoms with Crippen molar-refractivity contribution in [2.24, 2.45) is 0 Å². The van der Waals surface area contributed by atoms with Crippen molar-refractivity contribution < 1.29 is 13.5 Å².